The third-order valence-electron chi connectivity index (χ3n) is 3.61. The van der Waals surface area contributed by atoms with Crippen molar-refractivity contribution >= 4 is 28.5 Å². The lowest BCUT2D eigenvalue weighted by atomic mass is 10.2. The van der Waals surface area contributed by atoms with E-state index in [0.29, 0.717) is 16.6 Å². The number of nitrogens with zero attached hydrogens (tertiary/aromatic N) is 2. The van der Waals surface area contributed by atoms with Crippen LogP contribution in [0.1, 0.15) is 43.7 Å². The van der Waals surface area contributed by atoms with Crippen LogP contribution < -0.4 is 14.8 Å². The van der Waals surface area contributed by atoms with E-state index in [-0.39, 0.29) is 12.5 Å². The number of nitrogens with one attached hydrogen (secondary N) is 1. The molecule has 1 amide bonds. The van der Waals surface area contributed by atoms with E-state index in [2.05, 4.69) is 22.4 Å². The highest BCUT2D eigenvalue weighted by atomic mass is 32.1. The zero-order chi connectivity index (χ0) is 18.8. The number of amides is 1. The van der Waals surface area contributed by atoms with Gasteiger partial charge in [0, 0.05) is 6.42 Å². The number of ether oxygens (including phenoxy) is 2. The molecule has 0 aliphatic carbocycles. The Hall–Kier alpha value is -2.41. The number of hydrogen-bond donors (Lipinski definition) is 1. The highest BCUT2D eigenvalue weighted by Gasteiger charge is 2.11. The third kappa shape index (κ3) is 6.15. The van der Waals surface area contributed by atoms with Crippen LogP contribution in [-0.4, -0.2) is 29.8 Å². The fourth-order valence-corrected chi connectivity index (χ4v) is 3.13. The predicted octanol–water partition coefficient (Wildman–Crippen LogP) is 4.33. The standard InChI is InChI=1S/C19H25N3O3S/c1-4-6-7-9-18-21-22-19(26-18)20-17(23)13-25-15-11-10-14(8-5-2)12-16(15)24-3/h5,8,10-12H,4,6-7,9,13H2,1-3H3,(H,20,22,23)/b8-5+. The van der Waals surface area contributed by atoms with E-state index in [9.17, 15) is 4.79 Å². The van der Waals surface area contributed by atoms with Crippen molar-refractivity contribution in [1.82, 2.24) is 10.2 Å². The van der Waals surface area contributed by atoms with Gasteiger partial charge in [-0.05, 0) is 31.0 Å². The summed E-state index contributed by atoms with van der Waals surface area (Å²) in [5, 5.41) is 12.3. The molecule has 6 nitrogen and oxygen atoms in total. The van der Waals surface area contributed by atoms with Crippen molar-refractivity contribution in [2.75, 3.05) is 19.0 Å². The molecule has 1 N–H and O–H groups in total. The van der Waals surface area contributed by atoms with Crippen LogP contribution in [0.3, 0.4) is 0 Å². The molecular formula is C19H25N3O3S. The van der Waals surface area contributed by atoms with Gasteiger partial charge in [0.1, 0.15) is 5.01 Å². The highest BCUT2D eigenvalue weighted by Crippen LogP contribution is 2.28. The lowest BCUT2D eigenvalue weighted by molar-refractivity contribution is -0.118. The van der Waals surface area contributed by atoms with Crippen molar-refractivity contribution in [2.24, 2.45) is 0 Å². The van der Waals surface area contributed by atoms with Crippen LogP contribution in [-0.2, 0) is 11.2 Å². The number of allylic oxidation sites excluding steroid dienone is 1. The smallest absolute Gasteiger partial charge is 0.264 e. The molecule has 0 unspecified atom stereocenters. The van der Waals surface area contributed by atoms with Crippen molar-refractivity contribution in [2.45, 2.75) is 39.5 Å². The van der Waals surface area contributed by atoms with Gasteiger partial charge in [0.2, 0.25) is 5.13 Å². The Bertz CT molecular complexity index is 743. The Balaban J connectivity index is 1.87. The molecule has 0 radical (unpaired) electrons. The average Bonchev–Trinajstić information content (AvgIpc) is 3.08. The summed E-state index contributed by atoms with van der Waals surface area (Å²) in [6, 6.07) is 5.56. The van der Waals surface area contributed by atoms with Crippen LogP contribution in [0.4, 0.5) is 5.13 Å². The summed E-state index contributed by atoms with van der Waals surface area (Å²) in [5.41, 5.74) is 1.01. The number of aryl methyl sites for hydroxylation is 1. The summed E-state index contributed by atoms with van der Waals surface area (Å²) in [6.07, 6.45) is 8.23. The number of carbonyl (C=O) groups excluding carboxylic acids is 1. The normalized spacial score (nSPS) is 10.9. The zero-order valence-electron chi connectivity index (χ0n) is 15.4. The average molecular weight is 375 g/mol. The van der Waals surface area contributed by atoms with Gasteiger partial charge in [0.15, 0.2) is 18.1 Å². The van der Waals surface area contributed by atoms with Crippen molar-refractivity contribution in [1.29, 1.82) is 0 Å². The second-order valence-corrected chi connectivity index (χ2v) is 6.77. The minimum atomic E-state index is -0.277. The molecule has 0 atom stereocenters. The summed E-state index contributed by atoms with van der Waals surface area (Å²) in [4.78, 5) is 12.1. The molecule has 0 bridgehead atoms. The molecule has 0 aliphatic heterocycles. The van der Waals surface area contributed by atoms with Gasteiger partial charge in [-0.15, -0.1) is 10.2 Å². The molecule has 0 spiro atoms. The summed E-state index contributed by atoms with van der Waals surface area (Å²) >= 11 is 1.41. The van der Waals surface area contributed by atoms with E-state index in [0.717, 1.165) is 23.4 Å². The lowest BCUT2D eigenvalue weighted by Crippen LogP contribution is -2.20. The molecule has 0 aliphatic rings. The van der Waals surface area contributed by atoms with E-state index < -0.39 is 0 Å². The van der Waals surface area contributed by atoms with E-state index in [1.807, 2.05) is 31.2 Å². The van der Waals surface area contributed by atoms with Crippen LogP contribution in [0.2, 0.25) is 0 Å². The minimum absolute atomic E-state index is 0.121. The summed E-state index contributed by atoms with van der Waals surface area (Å²) in [6.45, 7) is 3.99. The highest BCUT2D eigenvalue weighted by molar-refractivity contribution is 7.15. The fourth-order valence-electron chi connectivity index (χ4n) is 2.33. The van der Waals surface area contributed by atoms with Crippen LogP contribution in [0.5, 0.6) is 11.5 Å². The third-order valence-corrected chi connectivity index (χ3v) is 4.51. The second-order valence-electron chi connectivity index (χ2n) is 5.71. The summed E-state index contributed by atoms with van der Waals surface area (Å²) < 4.78 is 10.9. The molecule has 1 aromatic carbocycles. The quantitative estimate of drug-likeness (QED) is 0.626. The van der Waals surface area contributed by atoms with Crippen molar-refractivity contribution < 1.29 is 14.3 Å². The summed E-state index contributed by atoms with van der Waals surface area (Å²) in [7, 11) is 1.57. The number of unbranched alkanes of at least 4 members (excludes halogenated alkanes) is 2. The Kier molecular flexibility index (Phi) is 8.08. The Morgan fingerprint density at radius 3 is 2.85 bits per heavy atom. The van der Waals surface area contributed by atoms with Gasteiger partial charge in [-0.25, -0.2) is 0 Å². The van der Waals surface area contributed by atoms with Gasteiger partial charge in [-0.1, -0.05) is 49.3 Å². The number of hydrogen-bond acceptors (Lipinski definition) is 6. The number of aromatic nitrogens is 2. The number of rotatable bonds is 10. The van der Waals surface area contributed by atoms with Gasteiger partial charge in [0.25, 0.3) is 5.91 Å². The van der Waals surface area contributed by atoms with E-state index >= 15 is 0 Å². The minimum Gasteiger partial charge on any atom is -0.493 e. The fraction of sp³-hybridized carbons (Fsp3) is 0.421. The lowest BCUT2D eigenvalue weighted by Gasteiger charge is -2.10. The van der Waals surface area contributed by atoms with Crippen LogP contribution in [0, 0.1) is 0 Å². The number of anilines is 1. The van der Waals surface area contributed by atoms with E-state index in [4.69, 9.17) is 9.47 Å². The molecule has 26 heavy (non-hydrogen) atoms. The Morgan fingerprint density at radius 1 is 1.27 bits per heavy atom. The summed E-state index contributed by atoms with van der Waals surface area (Å²) in [5.74, 6) is 0.830. The van der Waals surface area contributed by atoms with Crippen molar-refractivity contribution in [3.63, 3.8) is 0 Å². The first kappa shape index (κ1) is 19.9. The van der Waals surface area contributed by atoms with Crippen LogP contribution >= 0.6 is 11.3 Å². The largest absolute Gasteiger partial charge is 0.493 e. The van der Waals surface area contributed by atoms with Gasteiger partial charge in [0.05, 0.1) is 7.11 Å². The first-order valence-corrected chi connectivity index (χ1v) is 9.53. The molecule has 1 aromatic heterocycles. The SMILES string of the molecule is C/C=C/c1ccc(OCC(=O)Nc2nnc(CCCCC)s2)c(OC)c1. The molecule has 2 aromatic rings. The maximum Gasteiger partial charge on any atom is 0.264 e. The molecule has 0 fully saturated rings. The maximum absolute atomic E-state index is 12.1. The molecule has 1 heterocycles. The topological polar surface area (TPSA) is 73.3 Å². The van der Waals surface area contributed by atoms with E-state index in [1.165, 1.54) is 24.2 Å². The van der Waals surface area contributed by atoms with Gasteiger partial charge >= 0.3 is 0 Å². The Labute approximate surface area is 158 Å². The maximum atomic E-state index is 12.1. The van der Waals surface area contributed by atoms with Gasteiger partial charge < -0.3 is 9.47 Å². The number of carbonyl (C=O) groups is 1. The first-order chi connectivity index (χ1) is 12.7. The van der Waals surface area contributed by atoms with Crippen molar-refractivity contribution in [3.8, 4) is 11.5 Å². The molecule has 140 valence electrons. The van der Waals surface area contributed by atoms with Gasteiger partial charge in [-0.3, -0.25) is 10.1 Å². The van der Waals surface area contributed by atoms with Crippen molar-refractivity contribution in [3.05, 3.63) is 34.8 Å². The predicted molar refractivity (Wildman–Crippen MR) is 105 cm³/mol. The number of methoxy groups -OCH3 is 1. The van der Waals surface area contributed by atoms with Crippen LogP contribution in [0.25, 0.3) is 6.08 Å². The molecular weight excluding hydrogens is 350 g/mol. The van der Waals surface area contributed by atoms with Gasteiger partial charge in [-0.2, -0.15) is 0 Å². The molecule has 2 rings (SSSR count). The number of benzene rings is 1. The molecule has 0 saturated carbocycles. The molecule has 0 saturated heterocycles. The second kappa shape index (κ2) is 10.6. The Morgan fingerprint density at radius 2 is 2.12 bits per heavy atom. The van der Waals surface area contributed by atoms with Crippen LogP contribution in [0.15, 0.2) is 24.3 Å². The monoisotopic (exact) mass is 375 g/mol. The van der Waals surface area contributed by atoms with E-state index in [1.54, 1.807) is 13.2 Å². The molecule has 7 heteroatoms. The zero-order valence-corrected chi connectivity index (χ0v) is 16.3. The first-order valence-electron chi connectivity index (χ1n) is 8.72.